The molecule has 0 saturated heterocycles. The summed E-state index contributed by atoms with van der Waals surface area (Å²) < 4.78 is 56.4. The van der Waals surface area contributed by atoms with Crippen molar-refractivity contribution < 1.29 is 17.2 Å². The molecular weight excluding hydrogens is 368 g/mol. The molecule has 3 rings (SSSR count). The Labute approximate surface area is 157 Å². The molecule has 3 aromatic carbocycles. The number of rotatable bonds is 5. The smallest absolute Gasteiger partial charge is 0.261 e. The molecule has 6 heteroatoms. The van der Waals surface area contributed by atoms with Crippen molar-refractivity contribution in [1.82, 2.24) is 0 Å². The molecule has 140 valence electrons. The molecule has 0 aliphatic carbocycles. The number of nitrogens with one attached hydrogen (secondary N) is 1. The summed E-state index contributed by atoms with van der Waals surface area (Å²) in [6, 6.07) is 16.7. The first-order chi connectivity index (χ1) is 12.8. The number of hydrogen-bond acceptors (Lipinski definition) is 2. The number of halogens is 2. The van der Waals surface area contributed by atoms with Gasteiger partial charge in [0.25, 0.3) is 10.0 Å². The fraction of sp³-hybridized carbons (Fsp3) is 0.143. The third kappa shape index (κ3) is 3.85. The van der Waals surface area contributed by atoms with E-state index in [4.69, 9.17) is 0 Å². The van der Waals surface area contributed by atoms with Crippen LogP contribution in [0.1, 0.15) is 29.5 Å². The molecule has 1 N–H and O–H groups in total. The van der Waals surface area contributed by atoms with Crippen molar-refractivity contribution >= 4 is 15.7 Å². The minimum atomic E-state index is -3.86. The second-order valence-electron chi connectivity index (χ2n) is 6.30. The molecule has 1 unspecified atom stereocenters. The highest BCUT2D eigenvalue weighted by Crippen LogP contribution is 2.36. The quantitative estimate of drug-likeness (QED) is 0.652. The topological polar surface area (TPSA) is 46.2 Å². The number of benzene rings is 3. The van der Waals surface area contributed by atoms with Crippen LogP contribution in [-0.2, 0) is 10.0 Å². The SMILES string of the molecule is Cc1c(F)ccc(NS(=O)(=O)c2ccccc2)c1C(C)c1ccccc1F. The van der Waals surface area contributed by atoms with Crippen LogP contribution in [0.3, 0.4) is 0 Å². The Morgan fingerprint density at radius 2 is 1.48 bits per heavy atom. The van der Waals surface area contributed by atoms with Gasteiger partial charge in [-0.25, -0.2) is 17.2 Å². The van der Waals surface area contributed by atoms with Crippen LogP contribution in [-0.4, -0.2) is 8.42 Å². The zero-order valence-electron chi connectivity index (χ0n) is 14.9. The monoisotopic (exact) mass is 387 g/mol. The number of sulfonamides is 1. The van der Waals surface area contributed by atoms with Crippen molar-refractivity contribution in [3.63, 3.8) is 0 Å². The summed E-state index contributed by atoms with van der Waals surface area (Å²) >= 11 is 0. The predicted molar refractivity (Wildman–Crippen MR) is 102 cm³/mol. The highest BCUT2D eigenvalue weighted by Gasteiger charge is 2.23. The molecule has 1 atom stereocenters. The minimum absolute atomic E-state index is 0.0940. The zero-order chi connectivity index (χ0) is 19.6. The molecular formula is C21H19F2NO2S. The number of hydrogen-bond donors (Lipinski definition) is 1. The maximum Gasteiger partial charge on any atom is 0.261 e. The zero-order valence-corrected chi connectivity index (χ0v) is 15.7. The highest BCUT2D eigenvalue weighted by molar-refractivity contribution is 7.92. The Morgan fingerprint density at radius 1 is 0.852 bits per heavy atom. The van der Waals surface area contributed by atoms with Crippen LogP contribution in [0.25, 0.3) is 0 Å². The Balaban J connectivity index is 2.10. The summed E-state index contributed by atoms with van der Waals surface area (Å²) in [5, 5.41) is 0. The maximum atomic E-state index is 14.3. The van der Waals surface area contributed by atoms with Gasteiger partial charge in [0.2, 0.25) is 0 Å². The van der Waals surface area contributed by atoms with E-state index in [1.165, 1.54) is 30.3 Å². The Hall–Kier alpha value is -2.73. The molecule has 0 bridgehead atoms. The molecule has 3 nitrogen and oxygen atoms in total. The molecule has 0 radical (unpaired) electrons. The van der Waals surface area contributed by atoms with Crippen LogP contribution in [0.4, 0.5) is 14.5 Å². The molecule has 0 aliphatic heterocycles. The number of anilines is 1. The van der Waals surface area contributed by atoms with Crippen molar-refractivity contribution in [3.8, 4) is 0 Å². The summed E-state index contributed by atoms with van der Waals surface area (Å²) in [7, 11) is -3.86. The molecule has 0 fully saturated rings. The van der Waals surface area contributed by atoms with Crippen molar-refractivity contribution in [3.05, 3.63) is 95.1 Å². The summed E-state index contributed by atoms with van der Waals surface area (Å²) in [5.41, 5.74) is 1.28. The van der Waals surface area contributed by atoms with Gasteiger partial charge in [-0.15, -0.1) is 0 Å². The van der Waals surface area contributed by atoms with Crippen LogP contribution in [0.15, 0.2) is 71.6 Å². The highest BCUT2D eigenvalue weighted by atomic mass is 32.2. The Bertz CT molecular complexity index is 1070. The van der Waals surface area contributed by atoms with Gasteiger partial charge < -0.3 is 0 Å². The van der Waals surface area contributed by atoms with Gasteiger partial charge in [-0.1, -0.05) is 43.3 Å². The van der Waals surface area contributed by atoms with E-state index in [9.17, 15) is 17.2 Å². The summed E-state index contributed by atoms with van der Waals surface area (Å²) in [4.78, 5) is 0.0940. The van der Waals surface area contributed by atoms with E-state index in [1.54, 1.807) is 50.2 Å². The van der Waals surface area contributed by atoms with Crippen LogP contribution in [0.5, 0.6) is 0 Å². The van der Waals surface area contributed by atoms with E-state index in [0.717, 1.165) is 0 Å². The van der Waals surface area contributed by atoms with Crippen LogP contribution in [0, 0.1) is 18.6 Å². The largest absolute Gasteiger partial charge is 0.279 e. The van der Waals surface area contributed by atoms with Crippen molar-refractivity contribution in [1.29, 1.82) is 0 Å². The third-order valence-corrected chi connectivity index (χ3v) is 5.93. The molecule has 3 aromatic rings. The molecule has 0 aromatic heterocycles. The first kappa shape index (κ1) is 19.0. The van der Waals surface area contributed by atoms with Crippen LogP contribution >= 0.6 is 0 Å². The second kappa shape index (κ2) is 7.48. The van der Waals surface area contributed by atoms with E-state index in [1.807, 2.05) is 0 Å². The van der Waals surface area contributed by atoms with Crippen molar-refractivity contribution in [2.45, 2.75) is 24.7 Å². The average Bonchev–Trinajstić information content (AvgIpc) is 2.65. The summed E-state index contributed by atoms with van der Waals surface area (Å²) in [6.07, 6.45) is 0. The van der Waals surface area contributed by atoms with Crippen LogP contribution in [0.2, 0.25) is 0 Å². The second-order valence-corrected chi connectivity index (χ2v) is 7.98. The van der Waals surface area contributed by atoms with E-state index in [-0.39, 0.29) is 16.1 Å². The average molecular weight is 387 g/mol. The lowest BCUT2D eigenvalue weighted by molar-refractivity contribution is 0.595. The Morgan fingerprint density at radius 3 is 2.15 bits per heavy atom. The first-order valence-corrected chi connectivity index (χ1v) is 9.91. The molecule has 0 heterocycles. The van der Waals surface area contributed by atoms with Gasteiger partial charge in [-0.3, -0.25) is 4.72 Å². The van der Waals surface area contributed by atoms with E-state index in [0.29, 0.717) is 11.1 Å². The van der Waals surface area contributed by atoms with Crippen LogP contribution < -0.4 is 4.72 Å². The van der Waals surface area contributed by atoms with Gasteiger partial charge in [-0.05, 0) is 53.9 Å². The lowest BCUT2D eigenvalue weighted by Gasteiger charge is -2.21. The fourth-order valence-corrected chi connectivity index (χ4v) is 4.23. The van der Waals surface area contributed by atoms with Gasteiger partial charge in [-0.2, -0.15) is 0 Å². The van der Waals surface area contributed by atoms with Gasteiger partial charge in [0.15, 0.2) is 0 Å². The van der Waals surface area contributed by atoms with Crippen molar-refractivity contribution in [2.24, 2.45) is 0 Å². The lowest BCUT2D eigenvalue weighted by Crippen LogP contribution is -2.16. The molecule has 0 amide bonds. The maximum absolute atomic E-state index is 14.3. The van der Waals surface area contributed by atoms with E-state index < -0.39 is 27.6 Å². The molecule has 27 heavy (non-hydrogen) atoms. The predicted octanol–water partition coefficient (Wildman–Crippen LogP) is 5.23. The Kier molecular flexibility index (Phi) is 5.28. The van der Waals surface area contributed by atoms with Gasteiger partial charge in [0.1, 0.15) is 11.6 Å². The van der Waals surface area contributed by atoms with Crippen molar-refractivity contribution in [2.75, 3.05) is 4.72 Å². The van der Waals surface area contributed by atoms with Gasteiger partial charge in [0.05, 0.1) is 10.6 Å². The van der Waals surface area contributed by atoms with E-state index >= 15 is 0 Å². The van der Waals surface area contributed by atoms with Gasteiger partial charge >= 0.3 is 0 Å². The summed E-state index contributed by atoms with van der Waals surface area (Å²) in [5.74, 6) is -1.45. The normalized spacial score (nSPS) is 12.6. The fourth-order valence-electron chi connectivity index (χ4n) is 3.13. The first-order valence-electron chi connectivity index (χ1n) is 8.42. The minimum Gasteiger partial charge on any atom is -0.279 e. The molecule has 0 aliphatic rings. The molecule has 0 saturated carbocycles. The summed E-state index contributed by atoms with van der Waals surface area (Å²) in [6.45, 7) is 3.28. The molecule has 0 spiro atoms. The standard InChI is InChI=1S/C21H19F2NO2S/c1-14(17-10-6-7-11-19(17)23)21-15(2)18(22)12-13-20(21)24-27(25,26)16-8-4-3-5-9-16/h3-14,24H,1-2H3. The van der Waals surface area contributed by atoms with E-state index in [2.05, 4.69) is 4.72 Å². The van der Waals surface area contributed by atoms with Gasteiger partial charge in [0, 0.05) is 5.92 Å². The lowest BCUT2D eigenvalue weighted by atomic mass is 9.88. The third-order valence-electron chi connectivity index (χ3n) is 4.55.